The van der Waals surface area contributed by atoms with Gasteiger partial charge in [0.15, 0.2) is 8.07 Å². The topological polar surface area (TPSA) is 35.9 Å². The van der Waals surface area contributed by atoms with Crippen LogP contribution < -0.4 is 20.7 Å². The van der Waals surface area contributed by atoms with Crippen LogP contribution in [-0.2, 0) is 0 Å². The predicted octanol–water partition coefficient (Wildman–Crippen LogP) is 12.9. The van der Waals surface area contributed by atoms with Gasteiger partial charge in [0, 0.05) is 70.1 Å². The number of aromatic nitrogens is 3. The van der Waals surface area contributed by atoms with Gasteiger partial charge in [0.25, 0.3) is 0 Å². The van der Waals surface area contributed by atoms with Crippen LogP contribution in [0.4, 0.5) is 0 Å². The van der Waals surface area contributed by atoms with Crippen molar-refractivity contribution in [2.24, 2.45) is 0 Å². The monoisotopic (exact) mass is 863 g/mol. The van der Waals surface area contributed by atoms with Crippen molar-refractivity contribution in [3.05, 3.63) is 225 Å². The second-order valence-corrected chi connectivity index (χ2v) is 21.8. The highest BCUT2D eigenvalue weighted by molar-refractivity contribution is 7.31. The number of thiophene rings is 1. The number of nitrogens with zero attached hydrogens (tertiary/aromatic N) is 3. The van der Waals surface area contributed by atoms with Crippen molar-refractivity contribution in [1.82, 2.24) is 14.1 Å². The number of hydrogen-bond donors (Lipinski definition) is 0. The molecule has 0 aliphatic carbocycles. The fourth-order valence-corrected chi connectivity index (χ4v) is 17.7. The molecule has 0 spiro atoms. The maximum Gasteiger partial charge on any atom is 0.185 e. The van der Waals surface area contributed by atoms with Crippen molar-refractivity contribution in [2.75, 3.05) is 0 Å². The van der Waals surface area contributed by atoms with E-state index in [1.165, 1.54) is 68.1 Å². The number of furan rings is 1. The summed E-state index contributed by atoms with van der Waals surface area (Å²) in [6, 6.07) is 80.3. The quantitative estimate of drug-likeness (QED) is 0.123. The average Bonchev–Trinajstić information content (AvgIpc) is 4.13. The van der Waals surface area contributed by atoms with E-state index in [1.54, 1.807) is 0 Å². The Balaban J connectivity index is 1.04. The lowest BCUT2D eigenvalue weighted by Gasteiger charge is -2.34. The Bertz CT molecular complexity index is 3820. The summed E-state index contributed by atoms with van der Waals surface area (Å²) in [5, 5.41) is 14.8. The van der Waals surface area contributed by atoms with Crippen LogP contribution in [-0.4, -0.2) is 22.2 Å². The Labute approximate surface area is 378 Å². The molecule has 0 atom stereocenters. The van der Waals surface area contributed by atoms with Gasteiger partial charge in [-0.25, -0.2) is 4.98 Å². The summed E-state index contributed by atoms with van der Waals surface area (Å²) >= 11 is 1.91. The van der Waals surface area contributed by atoms with Gasteiger partial charge in [-0.2, -0.15) is 0 Å². The lowest BCUT2D eigenvalue weighted by atomic mass is 10.1. The molecule has 14 rings (SSSR count). The summed E-state index contributed by atoms with van der Waals surface area (Å²) in [6.07, 6.45) is 1.88. The van der Waals surface area contributed by atoms with Crippen LogP contribution in [0.25, 0.3) is 97.2 Å². The highest BCUT2D eigenvalue weighted by Crippen LogP contribution is 2.39. The van der Waals surface area contributed by atoms with E-state index < -0.39 is 8.07 Å². The van der Waals surface area contributed by atoms with Crippen molar-refractivity contribution in [3.63, 3.8) is 0 Å². The van der Waals surface area contributed by atoms with Crippen LogP contribution in [0.1, 0.15) is 0 Å². The molecule has 0 bridgehead atoms. The number of hydrogen-bond acceptors (Lipinski definition) is 3. The summed E-state index contributed by atoms with van der Waals surface area (Å²) in [5.41, 5.74) is 8.53. The van der Waals surface area contributed by atoms with Crippen LogP contribution in [0.3, 0.4) is 0 Å². The largest absolute Gasteiger partial charge is 0.456 e. The van der Waals surface area contributed by atoms with Crippen LogP contribution in [0.2, 0.25) is 0 Å². The minimum atomic E-state index is -3.14. The smallest absolute Gasteiger partial charge is 0.185 e. The van der Waals surface area contributed by atoms with Crippen LogP contribution in [0, 0.1) is 0 Å². The van der Waals surface area contributed by atoms with E-state index in [2.05, 4.69) is 221 Å². The van der Waals surface area contributed by atoms with Crippen LogP contribution in [0.15, 0.2) is 229 Å². The molecule has 0 aliphatic rings. The predicted molar refractivity (Wildman–Crippen MR) is 277 cm³/mol. The first kappa shape index (κ1) is 36.5. The highest BCUT2D eigenvalue weighted by Gasteiger charge is 2.45. The molecule has 14 aromatic rings. The molecule has 0 radical (unpaired) electrons. The molecule has 0 amide bonds. The van der Waals surface area contributed by atoms with Gasteiger partial charge in [-0.3, -0.25) is 4.57 Å². The standard InChI is InChI=1S/C59H37N3OSSi/c1-3-16-40(17-4-1)65(41-18-5-2-6-19-41,55-29-13-23-45-48-36-39(31-33-53(48)63-57(45)55)62-52-28-12-9-22-44(52)47-25-15-35-60-59(47)62)56-30-14-24-46-49-37-38(32-34-54(49)64-58(46)56)61-50-26-10-7-20-42(50)43-21-8-11-27-51(43)61/h1-37H. The third-order valence-corrected chi connectivity index (χ3v) is 19.9. The number of para-hydroxylation sites is 4. The Morgan fingerprint density at radius 3 is 1.65 bits per heavy atom. The first-order chi connectivity index (χ1) is 32.3. The fraction of sp³-hybridized carbons (Fsp3) is 0. The van der Waals surface area contributed by atoms with Gasteiger partial charge >= 0.3 is 0 Å². The van der Waals surface area contributed by atoms with Crippen LogP contribution >= 0.6 is 11.3 Å². The highest BCUT2D eigenvalue weighted by atomic mass is 32.1. The van der Waals surface area contributed by atoms with Crippen molar-refractivity contribution >= 4 is 126 Å². The SMILES string of the molecule is c1ccc([Si](c2ccccc2)(c2cccc3c2oc2ccc(-n4c5ccccc5c5cccnc54)cc23)c2cccc3c2sc2ccc(-n4c5ccccc5c5ccccc54)cc23)cc1. The molecule has 6 heteroatoms. The van der Waals surface area contributed by atoms with Gasteiger partial charge in [-0.15, -0.1) is 11.3 Å². The summed E-state index contributed by atoms with van der Waals surface area (Å²) in [5.74, 6) is 0. The normalized spacial score (nSPS) is 12.3. The minimum Gasteiger partial charge on any atom is -0.456 e. The summed E-state index contributed by atoms with van der Waals surface area (Å²) < 4.78 is 14.5. The van der Waals surface area contributed by atoms with E-state index in [0.717, 1.165) is 49.9 Å². The lowest BCUT2D eigenvalue weighted by Crippen LogP contribution is -2.74. The molecular formula is C59H37N3OSSi. The zero-order valence-electron chi connectivity index (χ0n) is 35.0. The first-order valence-corrected chi connectivity index (χ1v) is 24.9. The van der Waals surface area contributed by atoms with Gasteiger partial charge in [-0.05, 0) is 87.5 Å². The minimum absolute atomic E-state index is 0.867. The third kappa shape index (κ3) is 5.15. The molecule has 304 valence electrons. The van der Waals surface area contributed by atoms with Gasteiger partial charge in [-0.1, -0.05) is 152 Å². The van der Waals surface area contributed by atoms with Crippen LogP contribution in [0.5, 0.6) is 0 Å². The maximum absolute atomic E-state index is 7.21. The number of fused-ring (bicyclic) bond motifs is 12. The Morgan fingerprint density at radius 2 is 0.938 bits per heavy atom. The zero-order chi connectivity index (χ0) is 42.6. The van der Waals surface area contributed by atoms with Crippen molar-refractivity contribution in [3.8, 4) is 11.4 Å². The van der Waals surface area contributed by atoms with E-state index in [0.29, 0.717) is 0 Å². The van der Waals surface area contributed by atoms with E-state index in [-0.39, 0.29) is 0 Å². The van der Waals surface area contributed by atoms with Crippen molar-refractivity contribution in [1.29, 1.82) is 0 Å². The van der Waals surface area contributed by atoms with Gasteiger partial charge < -0.3 is 8.98 Å². The van der Waals surface area contributed by atoms with E-state index in [9.17, 15) is 0 Å². The van der Waals surface area contributed by atoms with Gasteiger partial charge in [0.05, 0.1) is 16.6 Å². The molecule has 5 heterocycles. The molecule has 65 heavy (non-hydrogen) atoms. The van der Waals surface area contributed by atoms with Crippen molar-refractivity contribution < 1.29 is 4.42 Å². The molecule has 4 nitrogen and oxygen atoms in total. The third-order valence-electron chi connectivity index (χ3n) is 13.7. The molecule has 0 saturated carbocycles. The number of benzene rings is 9. The van der Waals surface area contributed by atoms with E-state index in [4.69, 9.17) is 9.40 Å². The average molecular weight is 864 g/mol. The molecule has 0 unspecified atom stereocenters. The Kier molecular flexibility index (Phi) is 7.84. The zero-order valence-corrected chi connectivity index (χ0v) is 36.8. The van der Waals surface area contributed by atoms with Gasteiger partial charge in [0.2, 0.25) is 0 Å². The Morgan fingerprint density at radius 1 is 0.400 bits per heavy atom. The number of rotatable bonds is 6. The summed E-state index contributed by atoms with van der Waals surface area (Å²) in [4.78, 5) is 4.90. The summed E-state index contributed by atoms with van der Waals surface area (Å²) in [6.45, 7) is 0. The van der Waals surface area contributed by atoms with E-state index in [1.807, 2.05) is 23.6 Å². The second-order valence-electron chi connectivity index (χ2n) is 17.0. The Hall–Kier alpha value is -8.03. The molecule has 9 aromatic carbocycles. The van der Waals surface area contributed by atoms with Gasteiger partial charge in [0.1, 0.15) is 16.8 Å². The molecule has 0 fully saturated rings. The second kappa shape index (κ2) is 14.0. The maximum atomic E-state index is 7.21. The van der Waals surface area contributed by atoms with Crippen molar-refractivity contribution in [2.45, 2.75) is 0 Å². The summed E-state index contributed by atoms with van der Waals surface area (Å²) in [7, 11) is -3.14. The fourth-order valence-electron chi connectivity index (χ4n) is 11.0. The molecule has 0 aliphatic heterocycles. The molecule has 0 N–H and O–H groups in total. The molecule has 5 aromatic heterocycles. The molecule has 0 saturated heterocycles. The first-order valence-electron chi connectivity index (χ1n) is 22.1. The van der Waals surface area contributed by atoms with E-state index >= 15 is 0 Å². The molecular weight excluding hydrogens is 827 g/mol. The number of pyridine rings is 1. The lowest BCUT2D eigenvalue weighted by molar-refractivity contribution is 0.671.